The van der Waals surface area contributed by atoms with Gasteiger partial charge in [-0.25, -0.2) is 0 Å². The monoisotopic (exact) mass is 183 g/mol. The third-order valence-corrected chi connectivity index (χ3v) is 1.62. The second-order valence-corrected chi connectivity index (χ2v) is 3.55. The SMILES string of the molecule is CCCCCC(=O)OC(C)(C)C#N. The van der Waals surface area contributed by atoms with Crippen LogP contribution in [0.1, 0.15) is 46.5 Å². The summed E-state index contributed by atoms with van der Waals surface area (Å²) >= 11 is 0. The van der Waals surface area contributed by atoms with Crippen molar-refractivity contribution in [2.75, 3.05) is 0 Å². The third-order valence-electron chi connectivity index (χ3n) is 1.62. The van der Waals surface area contributed by atoms with Gasteiger partial charge in [-0.15, -0.1) is 0 Å². The zero-order chi connectivity index (χ0) is 10.3. The number of rotatable bonds is 5. The smallest absolute Gasteiger partial charge is 0.307 e. The standard InChI is InChI=1S/C10H17NO2/c1-4-5-6-7-9(12)13-10(2,3)8-11/h4-7H2,1-3H3. The van der Waals surface area contributed by atoms with Gasteiger partial charge in [-0.05, 0) is 20.3 Å². The van der Waals surface area contributed by atoms with Crippen LogP contribution in [0.2, 0.25) is 0 Å². The topological polar surface area (TPSA) is 50.1 Å². The molecule has 0 aliphatic heterocycles. The van der Waals surface area contributed by atoms with Crippen molar-refractivity contribution in [3.63, 3.8) is 0 Å². The lowest BCUT2D eigenvalue weighted by molar-refractivity contribution is -0.152. The Morgan fingerprint density at radius 2 is 2.08 bits per heavy atom. The minimum absolute atomic E-state index is 0.278. The molecule has 0 unspecified atom stereocenters. The molecular weight excluding hydrogens is 166 g/mol. The molecule has 0 saturated heterocycles. The molecule has 0 amide bonds. The molecule has 0 aliphatic rings. The Kier molecular flexibility index (Phi) is 5.13. The molecule has 3 heteroatoms. The highest BCUT2D eigenvalue weighted by atomic mass is 16.6. The van der Waals surface area contributed by atoms with Gasteiger partial charge in [0.1, 0.15) is 6.07 Å². The highest BCUT2D eigenvalue weighted by Gasteiger charge is 2.21. The zero-order valence-corrected chi connectivity index (χ0v) is 8.59. The summed E-state index contributed by atoms with van der Waals surface area (Å²) in [6.45, 7) is 5.25. The maximum absolute atomic E-state index is 11.1. The number of carbonyl (C=O) groups is 1. The van der Waals surface area contributed by atoms with Crippen LogP contribution in [0.15, 0.2) is 0 Å². The summed E-state index contributed by atoms with van der Waals surface area (Å²) in [4.78, 5) is 11.1. The summed E-state index contributed by atoms with van der Waals surface area (Å²) in [5.74, 6) is -0.278. The van der Waals surface area contributed by atoms with Crippen molar-refractivity contribution in [3.05, 3.63) is 0 Å². The van der Waals surface area contributed by atoms with E-state index in [1.54, 1.807) is 13.8 Å². The lowest BCUT2D eigenvalue weighted by Crippen LogP contribution is -2.25. The van der Waals surface area contributed by atoms with Crippen LogP contribution in [0.3, 0.4) is 0 Å². The van der Waals surface area contributed by atoms with Crippen LogP contribution in [0.4, 0.5) is 0 Å². The number of ether oxygens (including phenoxy) is 1. The van der Waals surface area contributed by atoms with Crippen molar-refractivity contribution in [3.8, 4) is 6.07 Å². The predicted molar refractivity (Wildman–Crippen MR) is 49.9 cm³/mol. The van der Waals surface area contributed by atoms with E-state index >= 15 is 0 Å². The van der Waals surface area contributed by atoms with Gasteiger partial charge in [0.15, 0.2) is 5.60 Å². The second-order valence-electron chi connectivity index (χ2n) is 3.55. The van der Waals surface area contributed by atoms with Gasteiger partial charge in [-0.1, -0.05) is 19.8 Å². The van der Waals surface area contributed by atoms with Crippen molar-refractivity contribution in [1.82, 2.24) is 0 Å². The van der Waals surface area contributed by atoms with Crippen molar-refractivity contribution < 1.29 is 9.53 Å². The summed E-state index contributed by atoms with van der Waals surface area (Å²) in [6.07, 6.45) is 3.37. The highest BCUT2D eigenvalue weighted by Crippen LogP contribution is 2.10. The molecule has 0 aromatic rings. The van der Waals surface area contributed by atoms with Gasteiger partial charge in [-0.2, -0.15) is 5.26 Å². The van der Waals surface area contributed by atoms with Crippen molar-refractivity contribution >= 4 is 5.97 Å². The summed E-state index contributed by atoms with van der Waals surface area (Å²) in [6, 6.07) is 1.92. The van der Waals surface area contributed by atoms with Gasteiger partial charge < -0.3 is 4.74 Å². The van der Waals surface area contributed by atoms with Crippen LogP contribution in [-0.4, -0.2) is 11.6 Å². The fraction of sp³-hybridized carbons (Fsp3) is 0.800. The molecule has 0 rings (SSSR count). The quantitative estimate of drug-likeness (QED) is 0.485. The molecule has 3 nitrogen and oxygen atoms in total. The maximum Gasteiger partial charge on any atom is 0.307 e. The molecule has 0 aliphatic carbocycles. The predicted octanol–water partition coefficient (Wildman–Crippen LogP) is 2.41. The molecular formula is C10H17NO2. The first-order chi connectivity index (χ1) is 6.02. The Hall–Kier alpha value is -1.04. The minimum atomic E-state index is -0.983. The van der Waals surface area contributed by atoms with E-state index in [0.717, 1.165) is 19.3 Å². The fourth-order valence-electron chi connectivity index (χ4n) is 0.878. The lowest BCUT2D eigenvalue weighted by Gasteiger charge is -2.16. The van der Waals surface area contributed by atoms with Crippen molar-refractivity contribution in [2.45, 2.75) is 52.1 Å². The number of hydrogen-bond acceptors (Lipinski definition) is 3. The number of nitrogens with zero attached hydrogens (tertiary/aromatic N) is 1. The summed E-state index contributed by atoms with van der Waals surface area (Å²) in [5, 5.41) is 8.59. The number of esters is 1. The Balaban J connectivity index is 3.70. The van der Waals surface area contributed by atoms with Crippen LogP contribution < -0.4 is 0 Å². The largest absolute Gasteiger partial charge is 0.444 e. The molecule has 0 bridgehead atoms. The minimum Gasteiger partial charge on any atom is -0.444 e. The van der Waals surface area contributed by atoms with Crippen LogP contribution in [0.25, 0.3) is 0 Å². The van der Waals surface area contributed by atoms with Gasteiger partial charge in [0.25, 0.3) is 0 Å². The molecule has 0 aromatic carbocycles. The van der Waals surface area contributed by atoms with Crippen LogP contribution >= 0.6 is 0 Å². The normalized spacial score (nSPS) is 10.6. The highest BCUT2D eigenvalue weighted by molar-refractivity contribution is 5.70. The average Bonchev–Trinajstić information content (AvgIpc) is 2.04. The molecule has 0 aromatic heterocycles. The summed E-state index contributed by atoms with van der Waals surface area (Å²) < 4.78 is 4.93. The first kappa shape index (κ1) is 12.0. The van der Waals surface area contributed by atoms with Crippen LogP contribution in [0, 0.1) is 11.3 Å². The zero-order valence-electron chi connectivity index (χ0n) is 8.59. The first-order valence-electron chi connectivity index (χ1n) is 4.65. The van der Waals surface area contributed by atoms with Gasteiger partial charge in [0.05, 0.1) is 0 Å². The molecule has 0 atom stereocenters. The Labute approximate surface area is 79.7 Å². The van der Waals surface area contributed by atoms with E-state index in [9.17, 15) is 4.79 Å². The Bertz CT molecular complexity index is 203. The molecule has 0 spiro atoms. The second kappa shape index (κ2) is 5.58. The molecule has 13 heavy (non-hydrogen) atoms. The first-order valence-corrected chi connectivity index (χ1v) is 4.65. The molecule has 0 saturated carbocycles. The van der Waals surface area contributed by atoms with E-state index in [1.807, 2.05) is 6.07 Å². The number of carbonyl (C=O) groups excluding carboxylic acids is 1. The van der Waals surface area contributed by atoms with Crippen LogP contribution in [0.5, 0.6) is 0 Å². The van der Waals surface area contributed by atoms with Crippen LogP contribution in [-0.2, 0) is 9.53 Å². The van der Waals surface area contributed by atoms with E-state index in [-0.39, 0.29) is 5.97 Å². The van der Waals surface area contributed by atoms with Gasteiger partial charge in [0.2, 0.25) is 0 Å². The maximum atomic E-state index is 11.1. The average molecular weight is 183 g/mol. The third kappa shape index (κ3) is 6.15. The van der Waals surface area contributed by atoms with Gasteiger partial charge >= 0.3 is 5.97 Å². The van der Waals surface area contributed by atoms with E-state index in [1.165, 1.54) is 0 Å². The molecule has 0 N–H and O–H groups in total. The molecule has 0 fully saturated rings. The Morgan fingerprint density at radius 3 is 2.54 bits per heavy atom. The van der Waals surface area contributed by atoms with Gasteiger partial charge in [0, 0.05) is 6.42 Å². The van der Waals surface area contributed by atoms with E-state index < -0.39 is 5.60 Å². The number of hydrogen-bond donors (Lipinski definition) is 0. The number of unbranched alkanes of at least 4 members (excludes halogenated alkanes) is 2. The summed E-state index contributed by atoms with van der Waals surface area (Å²) in [5.41, 5.74) is -0.983. The lowest BCUT2D eigenvalue weighted by atomic mass is 10.1. The van der Waals surface area contributed by atoms with Gasteiger partial charge in [-0.3, -0.25) is 4.79 Å². The summed E-state index contributed by atoms with van der Waals surface area (Å²) in [7, 11) is 0. The fourth-order valence-corrected chi connectivity index (χ4v) is 0.878. The molecule has 74 valence electrons. The van der Waals surface area contributed by atoms with E-state index in [0.29, 0.717) is 6.42 Å². The number of nitriles is 1. The van der Waals surface area contributed by atoms with E-state index in [4.69, 9.17) is 10.00 Å². The van der Waals surface area contributed by atoms with Crippen molar-refractivity contribution in [1.29, 1.82) is 5.26 Å². The Morgan fingerprint density at radius 1 is 1.46 bits per heavy atom. The van der Waals surface area contributed by atoms with Crippen molar-refractivity contribution in [2.24, 2.45) is 0 Å². The van der Waals surface area contributed by atoms with E-state index in [2.05, 4.69) is 6.92 Å². The molecule has 0 radical (unpaired) electrons. The molecule has 0 heterocycles.